The van der Waals surface area contributed by atoms with Crippen molar-refractivity contribution >= 4 is 17.9 Å². The number of rotatable bonds is 10. The van der Waals surface area contributed by atoms with E-state index in [4.69, 9.17) is 4.74 Å². The number of carbonyl (C=O) groups excluding carboxylic acids is 3. The van der Waals surface area contributed by atoms with Crippen molar-refractivity contribution in [3.05, 3.63) is 95.6 Å². The van der Waals surface area contributed by atoms with E-state index < -0.39 is 24.2 Å². The van der Waals surface area contributed by atoms with Crippen LogP contribution in [0.5, 0.6) is 0 Å². The Morgan fingerprint density at radius 3 is 2.14 bits per heavy atom. The van der Waals surface area contributed by atoms with Crippen LogP contribution in [-0.4, -0.2) is 67.7 Å². The number of nitrogens with one attached hydrogen (secondary N) is 3. The van der Waals surface area contributed by atoms with Gasteiger partial charge in [0.05, 0.1) is 12.1 Å². The first-order chi connectivity index (χ1) is 20.4. The second-order valence-electron chi connectivity index (χ2n) is 11.4. The molecular weight excluding hydrogens is 528 g/mol. The Labute approximate surface area is 247 Å². The van der Waals surface area contributed by atoms with Crippen LogP contribution in [0, 0.1) is 5.92 Å². The number of hydrogen-bond donors (Lipinski definition) is 3. The first-order valence-corrected chi connectivity index (χ1v) is 14.8. The molecule has 3 amide bonds. The lowest BCUT2D eigenvalue weighted by molar-refractivity contribution is -0.140. The number of ether oxygens (including phenoxy) is 1. The normalized spacial score (nSPS) is 18.3. The number of carbonyl (C=O) groups is 3. The third-order valence-corrected chi connectivity index (χ3v) is 8.35. The van der Waals surface area contributed by atoms with E-state index in [1.54, 1.807) is 11.9 Å². The number of fused-ring (bicyclic) bond motifs is 3. The zero-order chi connectivity index (χ0) is 29.6. The Hall–Kier alpha value is -4.17. The molecule has 220 valence electrons. The van der Waals surface area contributed by atoms with Gasteiger partial charge in [-0.25, -0.2) is 4.79 Å². The molecule has 42 heavy (non-hydrogen) atoms. The molecule has 1 saturated heterocycles. The maximum Gasteiger partial charge on any atom is 0.407 e. The molecule has 3 aromatic rings. The molecule has 1 aliphatic heterocycles. The van der Waals surface area contributed by atoms with Gasteiger partial charge in [-0.2, -0.15) is 0 Å². The summed E-state index contributed by atoms with van der Waals surface area (Å²) in [6.45, 7) is 4.84. The minimum absolute atomic E-state index is 0.0402. The Bertz CT molecular complexity index is 1360. The number of benzene rings is 3. The third-order valence-electron chi connectivity index (χ3n) is 8.35. The van der Waals surface area contributed by atoms with Gasteiger partial charge in [0.2, 0.25) is 11.8 Å². The fourth-order valence-corrected chi connectivity index (χ4v) is 6.25. The SMILES string of the molecule is CN[C@H](C(=O)N1C[C@@H](NC(=O)OCC2c3ccccc3-c3ccccc32)C[C@H]1C(=O)NCCc1ccccc1)C(C)C. The van der Waals surface area contributed by atoms with Crippen molar-refractivity contribution in [1.29, 1.82) is 0 Å². The highest BCUT2D eigenvalue weighted by Gasteiger charge is 2.42. The average molecular weight is 569 g/mol. The van der Waals surface area contributed by atoms with Crippen LogP contribution in [0.15, 0.2) is 78.9 Å². The topological polar surface area (TPSA) is 99.8 Å². The van der Waals surface area contributed by atoms with Gasteiger partial charge >= 0.3 is 6.09 Å². The lowest BCUT2D eigenvalue weighted by atomic mass is 9.98. The lowest BCUT2D eigenvalue weighted by Crippen LogP contribution is -2.53. The van der Waals surface area contributed by atoms with Gasteiger partial charge in [-0.1, -0.05) is 92.7 Å². The van der Waals surface area contributed by atoms with Crippen LogP contribution in [0.4, 0.5) is 4.79 Å². The zero-order valence-electron chi connectivity index (χ0n) is 24.5. The summed E-state index contributed by atoms with van der Waals surface area (Å²) in [7, 11) is 1.75. The number of likely N-dealkylation sites (tertiary alicyclic amines) is 1. The van der Waals surface area contributed by atoms with Crippen LogP contribution in [0.3, 0.4) is 0 Å². The van der Waals surface area contributed by atoms with Crippen molar-refractivity contribution in [2.75, 3.05) is 26.7 Å². The largest absolute Gasteiger partial charge is 0.449 e. The van der Waals surface area contributed by atoms with Crippen LogP contribution in [-0.2, 0) is 20.7 Å². The molecule has 8 nitrogen and oxygen atoms in total. The predicted molar refractivity (Wildman–Crippen MR) is 163 cm³/mol. The van der Waals surface area contributed by atoms with Crippen molar-refractivity contribution in [2.24, 2.45) is 5.92 Å². The Balaban J connectivity index is 1.22. The smallest absolute Gasteiger partial charge is 0.407 e. The Morgan fingerprint density at radius 1 is 0.905 bits per heavy atom. The van der Waals surface area contributed by atoms with E-state index in [-0.39, 0.29) is 36.8 Å². The van der Waals surface area contributed by atoms with Crippen LogP contribution in [0.2, 0.25) is 0 Å². The van der Waals surface area contributed by atoms with E-state index in [0.29, 0.717) is 19.4 Å². The maximum atomic E-state index is 13.5. The predicted octanol–water partition coefficient (Wildman–Crippen LogP) is 4.10. The number of amides is 3. The number of nitrogens with zero attached hydrogens (tertiary/aromatic N) is 1. The Kier molecular flexibility index (Phi) is 9.22. The first-order valence-electron chi connectivity index (χ1n) is 14.8. The van der Waals surface area contributed by atoms with Crippen molar-refractivity contribution in [2.45, 2.75) is 50.7 Å². The summed E-state index contributed by atoms with van der Waals surface area (Å²) in [6, 6.07) is 24.8. The summed E-state index contributed by atoms with van der Waals surface area (Å²) < 4.78 is 5.75. The molecule has 1 heterocycles. The average Bonchev–Trinajstić information content (AvgIpc) is 3.56. The quantitative estimate of drug-likeness (QED) is 0.342. The summed E-state index contributed by atoms with van der Waals surface area (Å²) in [5.41, 5.74) is 5.74. The molecule has 0 spiro atoms. The fourth-order valence-electron chi connectivity index (χ4n) is 6.25. The number of alkyl carbamates (subject to hydrolysis) is 1. The first kappa shape index (κ1) is 29.3. The monoisotopic (exact) mass is 568 g/mol. The Morgan fingerprint density at radius 2 is 1.52 bits per heavy atom. The maximum absolute atomic E-state index is 13.5. The molecule has 0 bridgehead atoms. The lowest BCUT2D eigenvalue weighted by Gasteiger charge is -2.29. The van der Waals surface area contributed by atoms with E-state index in [1.165, 1.54) is 0 Å². The van der Waals surface area contributed by atoms with Gasteiger partial charge in [-0.3, -0.25) is 9.59 Å². The minimum Gasteiger partial charge on any atom is -0.449 e. The van der Waals surface area contributed by atoms with Gasteiger partial charge in [-0.15, -0.1) is 0 Å². The molecule has 3 atom stereocenters. The van der Waals surface area contributed by atoms with Crippen molar-refractivity contribution in [1.82, 2.24) is 20.9 Å². The summed E-state index contributed by atoms with van der Waals surface area (Å²) >= 11 is 0. The summed E-state index contributed by atoms with van der Waals surface area (Å²) in [4.78, 5) is 41.5. The molecule has 0 radical (unpaired) electrons. The van der Waals surface area contributed by atoms with E-state index in [0.717, 1.165) is 27.8 Å². The molecule has 1 aliphatic carbocycles. The number of hydrogen-bond acceptors (Lipinski definition) is 5. The molecule has 0 aromatic heterocycles. The molecule has 1 fully saturated rings. The molecule has 2 aliphatic rings. The van der Waals surface area contributed by atoms with E-state index in [1.807, 2.05) is 68.4 Å². The zero-order valence-corrected chi connectivity index (χ0v) is 24.5. The van der Waals surface area contributed by atoms with E-state index in [9.17, 15) is 14.4 Å². The molecule has 0 unspecified atom stereocenters. The van der Waals surface area contributed by atoms with Crippen LogP contribution in [0.25, 0.3) is 11.1 Å². The second-order valence-corrected chi connectivity index (χ2v) is 11.4. The second kappa shape index (κ2) is 13.2. The van der Waals surface area contributed by atoms with Gasteiger partial charge in [0.25, 0.3) is 0 Å². The molecule has 3 aromatic carbocycles. The van der Waals surface area contributed by atoms with E-state index in [2.05, 4.69) is 40.2 Å². The highest BCUT2D eigenvalue weighted by atomic mass is 16.5. The van der Waals surface area contributed by atoms with Gasteiger partial charge in [0.1, 0.15) is 12.6 Å². The van der Waals surface area contributed by atoms with E-state index >= 15 is 0 Å². The van der Waals surface area contributed by atoms with Crippen LogP contribution in [0.1, 0.15) is 42.9 Å². The fraction of sp³-hybridized carbons (Fsp3) is 0.382. The molecular formula is C34H40N4O4. The van der Waals surface area contributed by atoms with Crippen molar-refractivity contribution in [3.8, 4) is 11.1 Å². The summed E-state index contributed by atoms with van der Waals surface area (Å²) in [5, 5.41) is 9.03. The minimum atomic E-state index is -0.679. The van der Waals surface area contributed by atoms with Gasteiger partial charge in [0, 0.05) is 19.0 Å². The molecule has 8 heteroatoms. The van der Waals surface area contributed by atoms with Crippen LogP contribution < -0.4 is 16.0 Å². The molecule has 3 N–H and O–H groups in total. The molecule has 0 saturated carbocycles. The van der Waals surface area contributed by atoms with Gasteiger partial charge in [-0.05, 0) is 53.6 Å². The van der Waals surface area contributed by atoms with Gasteiger partial charge in [0.15, 0.2) is 0 Å². The highest BCUT2D eigenvalue weighted by molar-refractivity contribution is 5.91. The van der Waals surface area contributed by atoms with Crippen LogP contribution >= 0.6 is 0 Å². The summed E-state index contributed by atoms with van der Waals surface area (Å²) in [6.07, 6.45) is 0.468. The molecule has 5 rings (SSSR count). The van der Waals surface area contributed by atoms with Crippen molar-refractivity contribution in [3.63, 3.8) is 0 Å². The summed E-state index contributed by atoms with van der Waals surface area (Å²) in [5.74, 6) is -0.365. The number of likely N-dealkylation sites (N-methyl/N-ethyl adjacent to an activating group) is 1. The highest BCUT2D eigenvalue weighted by Crippen LogP contribution is 2.44. The van der Waals surface area contributed by atoms with Crippen molar-refractivity contribution < 1.29 is 19.1 Å². The van der Waals surface area contributed by atoms with Gasteiger partial charge < -0.3 is 25.6 Å². The third kappa shape index (κ3) is 6.34. The standard InChI is InChI=1S/C34H40N4O4/c1-22(2)31(35-3)33(40)38-20-24(19-30(38)32(39)36-18-17-23-11-5-4-6-12-23)37-34(41)42-21-29-27-15-9-7-13-25(27)26-14-8-10-16-28(26)29/h4-16,22,24,29-31,35H,17-21H2,1-3H3,(H,36,39)(H,37,41)/t24-,30-,31-/m0/s1.